The number of amides is 1. The SMILES string of the molecule is O=C(Nc1ncc(F)cc1C(=O)O)c1cc(O)c(S(=O)(=O)O)cc1O. The molecule has 0 radical (unpaired) electrons. The normalized spacial score (nSPS) is 11.1. The summed E-state index contributed by atoms with van der Waals surface area (Å²) in [6, 6.07) is 1.57. The summed E-state index contributed by atoms with van der Waals surface area (Å²) in [5.74, 6) is -6.23. The first-order valence-corrected chi connectivity index (χ1v) is 7.68. The highest BCUT2D eigenvalue weighted by Crippen LogP contribution is 2.31. The minimum Gasteiger partial charge on any atom is -0.507 e. The number of carboxylic acid groups (broad SMARTS) is 1. The van der Waals surface area contributed by atoms with Crippen molar-refractivity contribution in [3.8, 4) is 11.5 Å². The first-order valence-electron chi connectivity index (χ1n) is 6.24. The summed E-state index contributed by atoms with van der Waals surface area (Å²) >= 11 is 0. The van der Waals surface area contributed by atoms with E-state index in [-0.39, 0.29) is 0 Å². The van der Waals surface area contributed by atoms with E-state index in [0.29, 0.717) is 24.4 Å². The number of phenols is 2. The molecule has 0 aliphatic heterocycles. The number of anilines is 1. The molecule has 2 aromatic rings. The summed E-state index contributed by atoms with van der Waals surface area (Å²) in [6.07, 6.45) is 0.640. The monoisotopic (exact) mass is 372 g/mol. The van der Waals surface area contributed by atoms with Gasteiger partial charge in [0, 0.05) is 6.07 Å². The van der Waals surface area contributed by atoms with Gasteiger partial charge in [-0.15, -0.1) is 0 Å². The van der Waals surface area contributed by atoms with Crippen molar-refractivity contribution in [2.24, 2.45) is 0 Å². The number of nitrogens with zero attached hydrogens (tertiary/aromatic N) is 1. The van der Waals surface area contributed by atoms with E-state index < -0.39 is 61.2 Å². The lowest BCUT2D eigenvalue weighted by atomic mass is 10.1. The van der Waals surface area contributed by atoms with Crippen LogP contribution in [0.5, 0.6) is 11.5 Å². The molecule has 0 bridgehead atoms. The highest BCUT2D eigenvalue weighted by atomic mass is 32.2. The topological polar surface area (TPSA) is 174 Å². The van der Waals surface area contributed by atoms with Crippen molar-refractivity contribution in [1.29, 1.82) is 0 Å². The minimum absolute atomic E-state index is 0.426. The molecule has 0 saturated heterocycles. The predicted octanol–water partition coefficient (Wildman–Crippen LogP) is 0.829. The highest BCUT2D eigenvalue weighted by molar-refractivity contribution is 7.86. The van der Waals surface area contributed by atoms with Crippen LogP contribution < -0.4 is 5.32 Å². The first-order chi connectivity index (χ1) is 11.5. The molecule has 0 aliphatic carbocycles. The molecule has 0 spiro atoms. The maximum Gasteiger partial charge on any atom is 0.339 e. The van der Waals surface area contributed by atoms with Gasteiger partial charge >= 0.3 is 5.97 Å². The number of carbonyl (C=O) groups excluding carboxylic acids is 1. The Morgan fingerprint density at radius 2 is 1.72 bits per heavy atom. The third-order valence-corrected chi connectivity index (χ3v) is 3.80. The number of hydrogen-bond donors (Lipinski definition) is 5. The Labute approximate surface area is 138 Å². The molecule has 132 valence electrons. The van der Waals surface area contributed by atoms with E-state index in [4.69, 9.17) is 9.66 Å². The molecule has 1 amide bonds. The van der Waals surface area contributed by atoms with Crippen molar-refractivity contribution < 1.29 is 42.3 Å². The lowest BCUT2D eigenvalue weighted by Crippen LogP contribution is -2.17. The number of nitrogens with one attached hydrogen (secondary N) is 1. The molecule has 10 nitrogen and oxygen atoms in total. The van der Waals surface area contributed by atoms with Crippen molar-refractivity contribution in [2.75, 3.05) is 5.32 Å². The molecule has 5 N–H and O–H groups in total. The first kappa shape index (κ1) is 18.1. The molecular formula is C13H9FN2O8S. The van der Waals surface area contributed by atoms with Gasteiger partial charge in [0.1, 0.15) is 33.6 Å². The maximum absolute atomic E-state index is 13.0. The number of aromatic hydroxyl groups is 2. The van der Waals surface area contributed by atoms with Gasteiger partial charge in [-0.25, -0.2) is 14.2 Å². The van der Waals surface area contributed by atoms with Gasteiger partial charge in [0.25, 0.3) is 16.0 Å². The molecule has 1 heterocycles. The fourth-order valence-corrected chi connectivity index (χ4v) is 2.41. The minimum atomic E-state index is -4.85. The van der Waals surface area contributed by atoms with Crippen LogP contribution in [0, 0.1) is 5.82 Å². The van der Waals surface area contributed by atoms with E-state index in [1.807, 2.05) is 5.32 Å². The Balaban J connectivity index is 2.44. The van der Waals surface area contributed by atoms with E-state index in [1.165, 1.54) is 0 Å². The molecule has 1 aromatic heterocycles. The van der Waals surface area contributed by atoms with Gasteiger partial charge in [0.05, 0.1) is 11.8 Å². The fraction of sp³-hybridized carbons (Fsp3) is 0. The van der Waals surface area contributed by atoms with Crippen LogP contribution in [0.15, 0.2) is 29.3 Å². The van der Waals surface area contributed by atoms with Gasteiger partial charge in [-0.1, -0.05) is 0 Å². The Morgan fingerprint density at radius 1 is 1.08 bits per heavy atom. The number of halogens is 1. The molecule has 0 unspecified atom stereocenters. The average molecular weight is 372 g/mol. The van der Waals surface area contributed by atoms with E-state index in [9.17, 15) is 32.6 Å². The Bertz CT molecular complexity index is 990. The van der Waals surface area contributed by atoms with Crippen LogP contribution in [0.4, 0.5) is 10.2 Å². The van der Waals surface area contributed by atoms with Crippen molar-refractivity contribution >= 4 is 27.8 Å². The lowest BCUT2D eigenvalue weighted by Gasteiger charge is -2.10. The van der Waals surface area contributed by atoms with Gasteiger partial charge in [-0.05, 0) is 12.1 Å². The van der Waals surface area contributed by atoms with Crippen LogP contribution in [-0.2, 0) is 10.1 Å². The summed E-state index contributed by atoms with van der Waals surface area (Å²) in [5, 5.41) is 30.2. The zero-order valence-electron chi connectivity index (χ0n) is 12.0. The van der Waals surface area contributed by atoms with Crippen LogP contribution >= 0.6 is 0 Å². The summed E-state index contributed by atoms with van der Waals surface area (Å²) in [4.78, 5) is 25.5. The second kappa shape index (κ2) is 6.33. The zero-order chi connectivity index (χ0) is 18.9. The van der Waals surface area contributed by atoms with E-state index in [2.05, 4.69) is 4.98 Å². The number of aromatic carboxylic acids is 1. The Morgan fingerprint density at radius 3 is 2.28 bits per heavy atom. The standard InChI is InChI=1S/C13H9FN2O8S/c14-5-1-7(13(20)21)11(15-4-5)16-12(19)6-2-9(18)10(3-8(6)17)25(22,23)24/h1-4,17-18H,(H,20,21)(H,15,16,19)(H,22,23,24). The van der Waals surface area contributed by atoms with E-state index >= 15 is 0 Å². The third kappa shape index (κ3) is 3.81. The molecular weight excluding hydrogens is 363 g/mol. The number of rotatable bonds is 4. The number of aromatic nitrogens is 1. The molecule has 0 aliphatic rings. The Kier molecular flexibility index (Phi) is 4.58. The molecule has 0 saturated carbocycles. The molecule has 0 fully saturated rings. The van der Waals surface area contributed by atoms with Crippen LogP contribution in [0.2, 0.25) is 0 Å². The van der Waals surface area contributed by atoms with Gasteiger partial charge in [-0.2, -0.15) is 8.42 Å². The quantitative estimate of drug-likeness (QED) is 0.384. The summed E-state index contributed by atoms with van der Waals surface area (Å²) in [5.41, 5.74) is -1.32. The Hall–Kier alpha value is -3.25. The highest BCUT2D eigenvalue weighted by Gasteiger charge is 2.23. The van der Waals surface area contributed by atoms with Crippen molar-refractivity contribution in [3.63, 3.8) is 0 Å². The fourth-order valence-electron chi connectivity index (χ4n) is 1.82. The summed E-state index contributed by atoms with van der Waals surface area (Å²) in [7, 11) is -4.85. The lowest BCUT2D eigenvalue weighted by molar-refractivity contribution is 0.0697. The number of carboxylic acids is 1. The average Bonchev–Trinajstić information content (AvgIpc) is 2.49. The molecule has 1 aromatic carbocycles. The van der Waals surface area contributed by atoms with Crippen LogP contribution in [0.1, 0.15) is 20.7 Å². The zero-order valence-corrected chi connectivity index (χ0v) is 12.8. The van der Waals surface area contributed by atoms with E-state index in [1.54, 1.807) is 0 Å². The largest absolute Gasteiger partial charge is 0.507 e. The second-order valence-electron chi connectivity index (χ2n) is 4.62. The molecule has 2 rings (SSSR count). The van der Waals surface area contributed by atoms with Gasteiger partial charge in [0.15, 0.2) is 0 Å². The van der Waals surface area contributed by atoms with Crippen molar-refractivity contribution in [3.05, 3.63) is 41.3 Å². The second-order valence-corrected chi connectivity index (χ2v) is 6.01. The van der Waals surface area contributed by atoms with Gasteiger partial charge in [0.2, 0.25) is 0 Å². The number of hydrogen-bond acceptors (Lipinski definition) is 7. The van der Waals surface area contributed by atoms with E-state index in [0.717, 1.165) is 0 Å². The summed E-state index contributed by atoms with van der Waals surface area (Å²) < 4.78 is 43.9. The smallest absolute Gasteiger partial charge is 0.339 e. The summed E-state index contributed by atoms with van der Waals surface area (Å²) in [6.45, 7) is 0. The molecule has 25 heavy (non-hydrogen) atoms. The van der Waals surface area contributed by atoms with Crippen molar-refractivity contribution in [1.82, 2.24) is 4.98 Å². The number of pyridine rings is 1. The van der Waals surface area contributed by atoms with Gasteiger partial charge < -0.3 is 20.6 Å². The van der Waals surface area contributed by atoms with Crippen LogP contribution in [-0.4, -0.2) is 45.2 Å². The van der Waals surface area contributed by atoms with Crippen molar-refractivity contribution in [2.45, 2.75) is 4.90 Å². The van der Waals surface area contributed by atoms with Crippen LogP contribution in [0.25, 0.3) is 0 Å². The third-order valence-electron chi connectivity index (χ3n) is 2.92. The number of carbonyl (C=O) groups is 2. The molecule has 12 heteroatoms. The maximum atomic E-state index is 13.0. The van der Waals surface area contributed by atoms with Gasteiger partial charge in [-0.3, -0.25) is 9.35 Å². The molecule has 0 atom stereocenters. The predicted molar refractivity (Wildman–Crippen MR) is 78.7 cm³/mol. The van der Waals surface area contributed by atoms with Crippen LogP contribution in [0.3, 0.4) is 0 Å². The number of benzene rings is 1. The number of phenolic OH excluding ortho intramolecular Hbond substituents is 2.